The first-order valence-electron chi connectivity index (χ1n) is 9.51. The number of nitrogens with one attached hydrogen (secondary N) is 3. The van der Waals surface area contributed by atoms with Gasteiger partial charge in [-0.05, 0) is 42.0 Å². The third-order valence-corrected chi connectivity index (χ3v) is 5.53. The number of non-ortho nitro benzene ring substituents is 1. The number of imidazole rings is 1. The summed E-state index contributed by atoms with van der Waals surface area (Å²) in [6, 6.07) is 19.9. The van der Waals surface area contributed by atoms with Gasteiger partial charge < -0.3 is 4.98 Å². The number of carbonyl (C=O) groups is 2. The Balaban J connectivity index is 1.29. The van der Waals surface area contributed by atoms with E-state index in [0.717, 1.165) is 21.8 Å². The van der Waals surface area contributed by atoms with Gasteiger partial charge in [-0.1, -0.05) is 36.0 Å². The first kappa shape index (κ1) is 21.1. The molecule has 32 heavy (non-hydrogen) atoms. The first-order chi connectivity index (χ1) is 15.5. The molecule has 0 fully saturated rings. The summed E-state index contributed by atoms with van der Waals surface area (Å²) in [5.74, 6) is -0.373. The van der Waals surface area contributed by atoms with E-state index in [-0.39, 0.29) is 11.3 Å². The third kappa shape index (κ3) is 4.93. The molecule has 0 aliphatic rings. The number of hydrazine groups is 1. The van der Waals surface area contributed by atoms with Gasteiger partial charge in [0.15, 0.2) is 5.16 Å². The van der Waals surface area contributed by atoms with E-state index in [1.165, 1.54) is 24.3 Å². The zero-order chi connectivity index (χ0) is 22.5. The number of aromatic nitrogens is 2. The number of para-hydroxylation sites is 2. The molecule has 0 bridgehead atoms. The largest absolute Gasteiger partial charge is 0.333 e. The number of nitrogens with zero attached hydrogens (tertiary/aromatic N) is 2. The normalized spacial score (nSPS) is 10.6. The molecule has 0 saturated heterocycles. The Labute approximate surface area is 186 Å². The third-order valence-electron chi connectivity index (χ3n) is 4.59. The molecule has 3 N–H and O–H groups in total. The van der Waals surface area contributed by atoms with Crippen LogP contribution in [0.1, 0.15) is 26.3 Å². The van der Waals surface area contributed by atoms with Gasteiger partial charge in [0.2, 0.25) is 0 Å². The fourth-order valence-corrected chi connectivity index (χ4v) is 3.74. The van der Waals surface area contributed by atoms with Crippen molar-refractivity contribution in [2.45, 2.75) is 10.9 Å². The summed E-state index contributed by atoms with van der Waals surface area (Å²) in [6.45, 7) is 0. The van der Waals surface area contributed by atoms with Crippen LogP contribution in [0.25, 0.3) is 11.0 Å². The maximum atomic E-state index is 12.3. The van der Waals surface area contributed by atoms with Crippen LogP contribution in [0, 0.1) is 10.1 Å². The monoisotopic (exact) mass is 447 g/mol. The fourth-order valence-electron chi connectivity index (χ4n) is 2.89. The van der Waals surface area contributed by atoms with Crippen molar-refractivity contribution in [3.8, 4) is 0 Å². The minimum atomic E-state index is -0.577. The molecule has 1 heterocycles. The molecular formula is C22H17N5O4S. The van der Waals surface area contributed by atoms with Gasteiger partial charge >= 0.3 is 0 Å². The van der Waals surface area contributed by atoms with Gasteiger partial charge in [-0.3, -0.25) is 30.6 Å². The Morgan fingerprint density at radius 3 is 2.09 bits per heavy atom. The van der Waals surface area contributed by atoms with E-state index in [2.05, 4.69) is 20.8 Å². The van der Waals surface area contributed by atoms with Crippen molar-refractivity contribution >= 4 is 40.3 Å². The van der Waals surface area contributed by atoms with E-state index in [9.17, 15) is 19.7 Å². The SMILES string of the molecule is O=C(NNC(=O)c1ccc([N+](=O)[O-])cc1)c1ccc(CSc2nc3ccccc3[nH]2)cc1. The maximum absolute atomic E-state index is 12.3. The number of H-pyrrole nitrogens is 1. The molecule has 0 aliphatic heterocycles. The number of nitro benzene ring substituents is 1. The first-order valence-corrected chi connectivity index (χ1v) is 10.5. The van der Waals surface area contributed by atoms with Crippen molar-refractivity contribution in [1.82, 2.24) is 20.8 Å². The Morgan fingerprint density at radius 2 is 1.50 bits per heavy atom. The lowest BCUT2D eigenvalue weighted by Crippen LogP contribution is -2.41. The molecular weight excluding hydrogens is 430 g/mol. The summed E-state index contributed by atoms with van der Waals surface area (Å²) in [5, 5.41) is 11.5. The van der Waals surface area contributed by atoms with E-state index in [0.29, 0.717) is 11.3 Å². The lowest BCUT2D eigenvalue weighted by Gasteiger charge is -2.08. The number of fused-ring (bicyclic) bond motifs is 1. The highest BCUT2D eigenvalue weighted by atomic mass is 32.2. The van der Waals surface area contributed by atoms with Crippen LogP contribution in [-0.2, 0) is 5.75 Å². The van der Waals surface area contributed by atoms with Gasteiger partial charge in [-0.15, -0.1) is 0 Å². The molecule has 0 unspecified atom stereocenters. The quantitative estimate of drug-likeness (QED) is 0.234. The maximum Gasteiger partial charge on any atom is 0.269 e. The number of amides is 2. The van der Waals surface area contributed by atoms with E-state index >= 15 is 0 Å². The number of thioether (sulfide) groups is 1. The minimum absolute atomic E-state index is 0.121. The zero-order valence-corrected chi connectivity index (χ0v) is 17.4. The Morgan fingerprint density at radius 1 is 0.906 bits per heavy atom. The second-order valence-corrected chi connectivity index (χ2v) is 7.72. The predicted octanol–water partition coefficient (Wildman–Crippen LogP) is 3.84. The van der Waals surface area contributed by atoms with Crippen molar-refractivity contribution < 1.29 is 14.5 Å². The summed E-state index contributed by atoms with van der Waals surface area (Å²) in [5.41, 5.74) is 7.99. The summed E-state index contributed by atoms with van der Waals surface area (Å²) < 4.78 is 0. The molecule has 3 aromatic carbocycles. The van der Waals surface area contributed by atoms with Gasteiger partial charge in [0.05, 0.1) is 16.0 Å². The van der Waals surface area contributed by atoms with Crippen molar-refractivity contribution in [3.05, 3.63) is 99.6 Å². The number of nitro groups is 1. The van der Waals surface area contributed by atoms with Crippen LogP contribution < -0.4 is 10.9 Å². The second-order valence-electron chi connectivity index (χ2n) is 6.76. The van der Waals surface area contributed by atoms with Crippen LogP contribution in [0.2, 0.25) is 0 Å². The number of hydrogen-bond acceptors (Lipinski definition) is 6. The highest BCUT2D eigenvalue weighted by molar-refractivity contribution is 7.98. The number of aromatic amines is 1. The molecule has 0 saturated carbocycles. The van der Waals surface area contributed by atoms with Gasteiger partial charge in [0.25, 0.3) is 17.5 Å². The van der Waals surface area contributed by atoms with Crippen LogP contribution in [-0.4, -0.2) is 26.7 Å². The highest BCUT2D eigenvalue weighted by Gasteiger charge is 2.11. The van der Waals surface area contributed by atoms with Crippen LogP contribution in [0.4, 0.5) is 5.69 Å². The van der Waals surface area contributed by atoms with E-state index < -0.39 is 16.7 Å². The van der Waals surface area contributed by atoms with Gasteiger partial charge in [0, 0.05) is 29.0 Å². The molecule has 10 heteroatoms. The van der Waals surface area contributed by atoms with E-state index in [4.69, 9.17) is 0 Å². The number of rotatable bonds is 6. The van der Waals surface area contributed by atoms with Crippen molar-refractivity contribution in [3.63, 3.8) is 0 Å². The van der Waals surface area contributed by atoms with Gasteiger partial charge in [0.1, 0.15) is 0 Å². The van der Waals surface area contributed by atoms with Crippen LogP contribution in [0.15, 0.2) is 78.0 Å². The summed E-state index contributed by atoms with van der Waals surface area (Å²) >= 11 is 1.56. The Bertz CT molecular complexity index is 1250. The predicted molar refractivity (Wildman–Crippen MR) is 120 cm³/mol. The lowest BCUT2D eigenvalue weighted by atomic mass is 10.1. The molecule has 0 aliphatic carbocycles. The molecule has 2 amide bonds. The van der Waals surface area contributed by atoms with Crippen molar-refractivity contribution in [1.29, 1.82) is 0 Å². The lowest BCUT2D eigenvalue weighted by molar-refractivity contribution is -0.384. The van der Waals surface area contributed by atoms with Crippen molar-refractivity contribution in [2.75, 3.05) is 0 Å². The molecule has 9 nitrogen and oxygen atoms in total. The molecule has 1 aromatic heterocycles. The summed E-state index contributed by atoms with van der Waals surface area (Å²) in [4.78, 5) is 42.3. The fraction of sp³-hybridized carbons (Fsp3) is 0.0455. The number of benzene rings is 3. The van der Waals surface area contributed by atoms with Crippen molar-refractivity contribution in [2.24, 2.45) is 0 Å². The smallest absolute Gasteiger partial charge is 0.269 e. The average molecular weight is 447 g/mol. The topological polar surface area (TPSA) is 130 Å². The molecule has 4 rings (SSSR count). The number of carbonyl (C=O) groups excluding carboxylic acids is 2. The standard InChI is InChI=1S/C22H17N5O4S/c28-20(25-26-21(29)16-9-11-17(12-10-16)27(30)31)15-7-5-14(6-8-15)13-32-22-23-18-3-1-2-4-19(18)24-22/h1-12H,13H2,(H,23,24)(H,25,28)(H,26,29). The number of hydrogen-bond donors (Lipinski definition) is 3. The summed E-state index contributed by atoms with van der Waals surface area (Å²) in [7, 11) is 0. The van der Waals surface area contributed by atoms with E-state index in [1.54, 1.807) is 23.9 Å². The average Bonchev–Trinajstić information content (AvgIpc) is 3.24. The minimum Gasteiger partial charge on any atom is -0.333 e. The molecule has 0 atom stereocenters. The summed E-state index contributed by atoms with van der Waals surface area (Å²) in [6.07, 6.45) is 0. The Kier molecular flexibility index (Phi) is 6.13. The van der Waals surface area contributed by atoms with Crippen LogP contribution in [0.5, 0.6) is 0 Å². The van der Waals surface area contributed by atoms with E-state index in [1.807, 2.05) is 36.4 Å². The van der Waals surface area contributed by atoms with Crippen LogP contribution in [0.3, 0.4) is 0 Å². The Hall–Kier alpha value is -4.18. The van der Waals surface area contributed by atoms with Gasteiger partial charge in [-0.25, -0.2) is 4.98 Å². The molecule has 0 radical (unpaired) electrons. The zero-order valence-electron chi connectivity index (χ0n) is 16.6. The second kappa shape index (κ2) is 9.31. The highest BCUT2D eigenvalue weighted by Crippen LogP contribution is 2.23. The molecule has 160 valence electrons. The molecule has 4 aromatic rings. The van der Waals surface area contributed by atoms with Crippen LogP contribution >= 0.6 is 11.8 Å². The van der Waals surface area contributed by atoms with Gasteiger partial charge in [-0.2, -0.15) is 0 Å². The molecule has 0 spiro atoms.